The monoisotopic (exact) mass is 422 g/mol. The number of nitrogens with zero attached hydrogens (tertiary/aromatic N) is 2. The Hall–Kier alpha value is -1.21. The van der Waals surface area contributed by atoms with Gasteiger partial charge in [-0.25, -0.2) is 0 Å². The first-order chi connectivity index (χ1) is 12.6. The molecule has 0 N–H and O–H groups in total. The maximum Gasteiger partial charge on any atom is 0.258 e. The lowest BCUT2D eigenvalue weighted by atomic mass is 10.2. The van der Waals surface area contributed by atoms with Gasteiger partial charge in [0.15, 0.2) is 4.80 Å². The molecule has 0 spiro atoms. The molecule has 3 nitrogen and oxygen atoms in total. The maximum absolute atomic E-state index is 12.4. The van der Waals surface area contributed by atoms with E-state index >= 15 is 0 Å². The van der Waals surface area contributed by atoms with E-state index in [-0.39, 0.29) is 5.91 Å². The second-order valence-electron chi connectivity index (χ2n) is 5.75. The molecular formula is C19H19ClN2OS3. The van der Waals surface area contributed by atoms with Gasteiger partial charge in [0.25, 0.3) is 5.91 Å². The van der Waals surface area contributed by atoms with Crippen molar-refractivity contribution in [1.29, 1.82) is 0 Å². The zero-order valence-corrected chi connectivity index (χ0v) is 17.8. The van der Waals surface area contributed by atoms with Crippen LogP contribution in [0, 0.1) is 6.92 Å². The number of aromatic nitrogens is 1. The lowest BCUT2D eigenvalue weighted by Crippen LogP contribution is -2.18. The maximum atomic E-state index is 12.4. The summed E-state index contributed by atoms with van der Waals surface area (Å²) in [4.78, 5) is 18.6. The van der Waals surface area contributed by atoms with E-state index in [9.17, 15) is 4.79 Å². The second kappa shape index (κ2) is 9.13. The second-order valence-corrected chi connectivity index (χ2v) is 9.23. The van der Waals surface area contributed by atoms with E-state index in [4.69, 9.17) is 11.6 Å². The third-order valence-electron chi connectivity index (χ3n) is 3.77. The van der Waals surface area contributed by atoms with Crippen LogP contribution in [0.5, 0.6) is 0 Å². The number of thiazole rings is 1. The van der Waals surface area contributed by atoms with Crippen molar-refractivity contribution in [3.8, 4) is 0 Å². The van der Waals surface area contributed by atoms with Crippen molar-refractivity contribution in [1.82, 2.24) is 4.57 Å². The number of rotatable bonds is 6. The number of fused-ring (bicyclic) bond motifs is 1. The first-order valence-corrected chi connectivity index (χ1v) is 11.7. The van der Waals surface area contributed by atoms with E-state index in [1.54, 1.807) is 11.8 Å². The predicted octanol–water partition coefficient (Wildman–Crippen LogP) is 5.25. The highest BCUT2D eigenvalue weighted by molar-refractivity contribution is 8.00. The largest absolute Gasteiger partial charge is 0.316 e. The molecule has 2 aromatic carbocycles. The van der Waals surface area contributed by atoms with Crippen LogP contribution in [0.25, 0.3) is 10.2 Å². The molecule has 26 heavy (non-hydrogen) atoms. The van der Waals surface area contributed by atoms with Gasteiger partial charge >= 0.3 is 0 Å². The van der Waals surface area contributed by atoms with E-state index in [0.717, 1.165) is 32.2 Å². The summed E-state index contributed by atoms with van der Waals surface area (Å²) in [5.41, 5.74) is 2.29. The van der Waals surface area contributed by atoms with E-state index in [0.29, 0.717) is 10.8 Å². The van der Waals surface area contributed by atoms with Crippen LogP contribution < -0.4 is 4.80 Å². The Balaban J connectivity index is 1.84. The molecule has 0 aliphatic carbocycles. The predicted molar refractivity (Wildman–Crippen MR) is 116 cm³/mol. The minimum absolute atomic E-state index is 0.119. The number of hydrogen-bond acceptors (Lipinski definition) is 4. The van der Waals surface area contributed by atoms with Gasteiger partial charge in [0.2, 0.25) is 0 Å². The standard InChI is InChI=1S/C19H19ClN2OS3/c1-13-3-6-15(7-4-13)25-12-18(23)21-19-22(9-10-24-2)16-8-5-14(20)11-17(16)26-19/h3-8,11H,9-10,12H2,1-2H3. The molecule has 0 saturated carbocycles. The van der Waals surface area contributed by atoms with E-state index in [1.165, 1.54) is 28.7 Å². The topological polar surface area (TPSA) is 34.4 Å². The number of thioether (sulfide) groups is 2. The number of amides is 1. The van der Waals surface area contributed by atoms with Gasteiger partial charge in [0.1, 0.15) is 0 Å². The average molecular weight is 423 g/mol. The van der Waals surface area contributed by atoms with E-state index in [1.807, 2.05) is 30.3 Å². The van der Waals surface area contributed by atoms with Crippen LogP contribution in [0.1, 0.15) is 5.56 Å². The highest BCUT2D eigenvalue weighted by Crippen LogP contribution is 2.22. The van der Waals surface area contributed by atoms with Gasteiger partial charge in [-0.2, -0.15) is 16.8 Å². The Morgan fingerprint density at radius 1 is 1.23 bits per heavy atom. The molecule has 0 saturated heterocycles. The van der Waals surface area contributed by atoms with Gasteiger partial charge in [-0.15, -0.1) is 11.8 Å². The molecule has 0 fully saturated rings. The van der Waals surface area contributed by atoms with Gasteiger partial charge in [0.05, 0.1) is 16.0 Å². The van der Waals surface area contributed by atoms with Crippen LogP contribution in [0.2, 0.25) is 5.02 Å². The minimum Gasteiger partial charge on any atom is -0.316 e. The SMILES string of the molecule is CSCCn1c(=NC(=O)CSc2ccc(C)cc2)sc2cc(Cl)ccc21. The van der Waals surface area contributed by atoms with Gasteiger partial charge in [-0.05, 0) is 43.5 Å². The van der Waals surface area contributed by atoms with Crippen molar-refractivity contribution in [3.63, 3.8) is 0 Å². The lowest BCUT2D eigenvalue weighted by molar-refractivity contribution is -0.115. The summed E-state index contributed by atoms with van der Waals surface area (Å²) in [5, 5.41) is 0.698. The molecule has 3 rings (SSSR count). The van der Waals surface area contributed by atoms with Gasteiger partial charge < -0.3 is 4.57 Å². The van der Waals surface area contributed by atoms with Crippen LogP contribution in [0.15, 0.2) is 52.4 Å². The molecule has 0 bridgehead atoms. The van der Waals surface area contributed by atoms with Crippen molar-refractivity contribution < 1.29 is 4.79 Å². The number of carbonyl (C=O) groups is 1. The summed E-state index contributed by atoms with van der Waals surface area (Å²) >= 11 is 10.9. The Morgan fingerprint density at radius 2 is 2.00 bits per heavy atom. The summed E-state index contributed by atoms with van der Waals surface area (Å²) < 4.78 is 3.16. The molecule has 136 valence electrons. The van der Waals surface area contributed by atoms with Crippen molar-refractivity contribution in [3.05, 3.63) is 57.9 Å². The summed E-state index contributed by atoms with van der Waals surface area (Å²) in [6.45, 7) is 2.87. The highest BCUT2D eigenvalue weighted by Gasteiger charge is 2.09. The van der Waals surface area contributed by atoms with Crippen molar-refractivity contribution in [2.75, 3.05) is 17.8 Å². The van der Waals surface area contributed by atoms with Crippen molar-refractivity contribution >= 4 is 62.6 Å². The van der Waals surface area contributed by atoms with E-state index in [2.05, 4.69) is 34.9 Å². The molecule has 0 unspecified atom stereocenters. The molecule has 0 radical (unpaired) electrons. The average Bonchev–Trinajstić information content (AvgIpc) is 2.95. The first kappa shape index (κ1) is 19.5. The van der Waals surface area contributed by atoms with Gasteiger partial charge in [0, 0.05) is 22.2 Å². The zero-order chi connectivity index (χ0) is 18.5. The Labute approximate surface area is 170 Å². The normalized spacial score (nSPS) is 12.0. The Kier molecular flexibility index (Phi) is 6.86. The van der Waals surface area contributed by atoms with Crippen LogP contribution >= 0.6 is 46.5 Å². The summed E-state index contributed by atoms with van der Waals surface area (Å²) in [6.07, 6.45) is 2.08. The molecule has 3 aromatic rings. The number of carbonyl (C=O) groups excluding carboxylic acids is 1. The summed E-state index contributed by atoms with van der Waals surface area (Å²) in [6, 6.07) is 14.0. The van der Waals surface area contributed by atoms with Crippen LogP contribution in [0.3, 0.4) is 0 Å². The molecule has 0 aliphatic heterocycles. The number of hydrogen-bond donors (Lipinski definition) is 0. The molecule has 0 atom stereocenters. The Bertz CT molecular complexity index is 977. The third-order valence-corrected chi connectivity index (χ3v) is 6.63. The first-order valence-electron chi connectivity index (χ1n) is 8.11. The van der Waals surface area contributed by atoms with Gasteiger partial charge in [-0.3, -0.25) is 4.79 Å². The molecule has 7 heteroatoms. The number of aryl methyl sites for hydroxylation is 2. The quantitative estimate of drug-likeness (QED) is 0.509. The fraction of sp³-hybridized carbons (Fsp3) is 0.263. The van der Waals surface area contributed by atoms with Crippen LogP contribution in [-0.4, -0.2) is 28.2 Å². The molecule has 1 aromatic heterocycles. The molecule has 1 heterocycles. The van der Waals surface area contributed by atoms with E-state index < -0.39 is 0 Å². The zero-order valence-electron chi connectivity index (χ0n) is 14.6. The van der Waals surface area contributed by atoms with Crippen molar-refractivity contribution in [2.24, 2.45) is 4.99 Å². The highest BCUT2D eigenvalue weighted by atomic mass is 35.5. The fourth-order valence-electron chi connectivity index (χ4n) is 2.45. The Morgan fingerprint density at radius 3 is 2.73 bits per heavy atom. The molecular weight excluding hydrogens is 404 g/mol. The van der Waals surface area contributed by atoms with Crippen molar-refractivity contribution in [2.45, 2.75) is 18.4 Å². The minimum atomic E-state index is -0.119. The third kappa shape index (κ3) is 4.94. The molecule has 1 amide bonds. The van der Waals surface area contributed by atoms with Gasteiger partial charge in [-0.1, -0.05) is 40.6 Å². The molecule has 0 aliphatic rings. The lowest BCUT2D eigenvalue weighted by Gasteiger charge is -2.04. The van der Waals surface area contributed by atoms with Crippen LogP contribution in [0.4, 0.5) is 0 Å². The summed E-state index contributed by atoms with van der Waals surface area (Å²) in [7, 11) is 0. The number of halogens is 1. The van der Waals surface area contributed by atoms with Crippen LogP contribution in [-0.2, 0) is 11.3 Å². The summed E-state index contributed by atoms with van der Waals surface area (Å²) in [5.74, 6) is 1.18. The fourth-order valence-corrected chi connectivity index (χ4v) is 4.85. The smallest absolute Gasteiger partial charge is 0.258 e. The number of benzene rings is 2.